The zero-order valence-electron chi connectivity index (χ0n) is 11.1. The van der Waals surface area contributed by atoms with Gasteiger partial charge in [0.1, 0.15) is 0 Å². The summed E-state index contributed by atoms with van der Waals surface area (Å²) in [4.78, 5) is 16.3. The van der Waals surface area contributed by atoms with Crippen LogP contribution in [-0.4, -0.2) is 10.9 Å². The molecule has 4 heteroatoms. The van der Waals surface area contributed by atoms with Crippen LogP contribution >= 0.6 is 0 Å². The fraction of sp³-hybridized carbons (Fsp3) is 0.200. The Morgan fingerprint density at radius 3 is 2.68 bits per heavy atom. The molecule has 0 aliphatic rings. The normalized spacial score (nSPS) is 11.9. The molecule has 0 radical (unpaired) electrons. The van der Waals surface area contributed by atoms with E-state index in [0.29, 0.717) is 16.9 Å². The number of hydrogen-bond acceptors (Lipinski definition) is 3. The summed E-state index contributed by atoms with van der Waals surface area (Å²) in [6, 6.07) is 10.9. The van der Waals surface area contributed by atoms with Crippen molar-refractivity contribution < 1.29 is 4.79 Å². The van der Waals surface area contributed by atoms with E-state index in [-0.39, 0.29) is 11.9 Å². The highest BCUT2D eigenvalue weighted by Gasteiger charge is 2.14. The van der Waals surface area contributed by atoms with Crippen LogP contribution in [0.1, 0.15) is 34.6 Å². The summed E-state index contributed by atoms with van der Waals surface area (Å²) in [7, 11) is 0. The Balaban J connectivity index is 2.16. The number of amides is 1. The molecule has 19 heavy (non-hydrogen) atoms. The van der Waals surface area contributed by atoms with Crippen molar-refractivity contribution in [2.45, 2.75) is 19.9 Å². The van der Waals surface area contributed by atoms with Crippen molar-refractivity contribution in [3.8, 4) is 0 Å². The first-order chi connectivity index (χ1) is 9.09. The minimum absolute atomic E-state index is 0.138. The van der Waals surface area contributed by atoms with Crippen LogP contribution in [0.2, 0.25) is 0 Å². The highest BCUT2D eigenvalue weighted by molar-refractivity contribution is 5.95. The van der Waals surface area contributed by atoms with Gasteiger partial charge in [0.15, 0.2) is 0 Å². The van der Waals surface area contributed by atoms with Crippen LogP contribution in [0.15, 0.2) is 42.6 Å². The molecule has 1 unspecified atom stereocenters. The maximum Gasteiger partial charge on any atom is 0.253 e. The maximum atomic E-state index is 12.2. The van der Waals surface area contributed by atoms with Gasteiger partial charge in [-0.15, -0.1) is 0 Å². The lowest BCUT2D eigenvalue weighted by Crippen LogP contribution is -2.27. The first-order valence-corrected chi connectivity index (χ1v) is 6.16. The number of nitrogen functional groups attached to an aromatic ring is 1. The van der Waals surface area contributed by atoms with E-state index < -0.39 is 0 Å². The number of para-hydroxylation sites is 1. The quantitative estimate of drug-likeness (QED) is 0.828. The standard InChI is InChI=1S/C15H17N3O/c1-10-13(7-5-9-17-10)15(19)18-11(2)12-6-3-4-8-14(12)16/h3-9,11H,16H2,1-2H3,(H,18,19). The van der Waals surface area contributed by atoms with Gasteiger partial charge < -0.3 is 11.1 Å². The molecule has 1 amide bonds. The third-order valence-electron chi connectivity index (χ3n) is 3.06. The van der Waals surface area contributed by atoms with Crippen molar-refractivity contribution in [3.05, 3.63) is 59.4 Å². The number of anilines is 1. The molecule has 0 aliphatic heterocycles. The van der Waals surface area contributed by atoms with Gasteiger partial charge in [-0.05, 0) is 37.6 Å². The van der Waals surface area contributed by atoms with Crippen molar-refractivity contribution in [1.29, 1.82) is 0 Å². The van der Waals surface area contributed by atoms with E-state index >= 15 is 0 Å². The predicted molar refractivity (Wildman–Crippen MR) is 75.7 cm³/mol. The average molecular weight is 255 g/mol. The zero-order chi connectivity index (χ0) is 13.8. The number of benzene rings is 1. The summed E-state index contributed by atoms with van der Waals surface area (Å²) in [5, 5.41) is 2.94. The first kappa shape index (κ1) is 13.1. The van der Waals surface area contributed by atoms with E-state index in [1.165, 1.54) is 0 Å². The SMILES string of the molecule is Cc1ncccc1C(=O)NC(C)c1ccccc1N. The Kier molecular flexibility index (Phi) is 3.80. The third kappa shape index (κ3) is 2.91. The Morgan fingerprint density at radius 2 is 2.00 bits per heavy atom. The van der Waals surface area contributed by atoms with Gasteiger partial charge in [-0.2, -0.15) is 0 Å². The van der Waals surface area contributed by atoms with Crippen molar-refractivity contribution in [3.63, 3.8) is 0 Å². The molecule has 0 saturated heterocycles. The molecule has 98 valence electrons. The highest BCUT2D eigenvalue weighted by atomic mass is 16.1. The molecule has 1 atom stereocenters. The largest absolute Gasteiger partial charge is 0.398 e. The average Bonchev–Trinajstić information content (AvgIpc) is 2.39. The summed E-state index contributed by atoms with van der Waals surface area (Å²) in [5.41, 5.74) is 8.80. The van der Waals surface area contributed by atoms with Crippen molar-refractivity contribution in [2.75, 3.05) is 5.73 Å². The van der Waals surface area contributed by atoms with E-state index in [2.05, 4.69) is 10.3 Å². The molecule has 0 spiro atoms. The fourth-order valence-corrected chi connectivity index (χ4v) is 1.98. The highest BCUT2D eigenvalue weighted by Crippen LogP contribution is 2.19. The van der Waals surface area contributed by atoms with Crippen LogP contribution in [0.4, 0.5) is 5.69 Å². The molecule has 0 fully saturated rings. The zero-order valence-corrected chi connectivity index (χ0v) is 11.1. The van der Waals surface area contributed by atoms with E-state index in [1.54, 1.807) is 18.3 Å². The lowest BCUT2D eigenvalue weighted by molar-refractivity contribution is 0.0939. The van der Waals surface area contributed by atoms with Crippen LogP contribution in [0.25, 0.3) is 0 Å². The number of aromatic nitrogens is 1. The molecule has 1 heterocycles. The molecular weight excluding hydrogens is 238 g/mol. The van der Waals surface area contributed by atoms with Gasteiger partial charge in [-0.3, -0.25) is 9.78 Å². The Hall–Kier alpha value is -2.36. The van der Waals surface area contributed by atoms with Crippen LogP contribution in [-0.2, 0) is 0 Å². The van der Waals surface area contributed by atoms with Gasteiger partial charge in [0.2, 0.25) is 0 Å². The number of hydrogen-bond donors (Lipinski definition) is 2. The molecule has 0 aliphatic carbocycles. The van der Waals surface area contributed by atoms with Crippen molar-refractivity contribution >= 4 is 11.6 Å². The molecule has 0 bridgehead atoms. The molecule has 2 rings (SSSR count). The molecule has 3 N–H and O–H groups in total. The van der Waals surface area contributed by atoms with Gasteiger partial charge in [0, 0.05) is 17.6 Å². The Labute approximate surface area is 112 Å². The number of pyridine rings is 1. The smallest absolute Gasteiger partial charge is 0.253 e. The monoisotopic (exact) mass is 255 g/mol. The topological polar surface area (TPSA) is 68.0 Å². The number of nitrogens with one attached hydrogen (secondary N) is 1. The predicted octanol–water partition coefficient (Wildman–Crippen LogP) is 2.46. The number of rotatable bonds is 3. The van der Waals surface area contributed by atoms with Gasteiger partial charge in [0.25, 0.3) is 5.91 Å². The summed E-state index contributed by atoms with van der Waals surface area (Å²) >= 11 is 0. The third-order valence-corrected chi connectivity index (χ3v) is 3.06. The molecule has 1 aromatic carbocycles. The second kappa shape index (κ2) is 5.52. The lowest BCUT2D eigenvalue weighted by Gasteiger charge is -2.16. The summed E-state index contributed by atoms with van der Waals surface area (Å²) in [6.45, 7) is 3.73. The summed E-state index contributed by atoms with van der Waals surface area (Å²) in [5.74, 6) is -0.138. The van der Waals surface area contributed by atoms with Crippen LogP contribution in [0.3, 0.4) is 0 Å². The minimum Gasteiger partial charge on any atom is -0.398 e. The summed E-state index contributed by atoms with van der Waals surface area (Å²) < 4.78 is 0. The van der Waals surface area contributed by atoms with Gasteiger partial charge in [-0.25, -0.2) is 0 Å². The molecular formula is C15H17N3O. The fourth-order valence-electron chi connectivity index (χ4n) is 1.98. The molecule has 1 aromatic heterocycles. The van der Waals surface area contributed by atoms with Crippen LogP contribution in [0.5, 0.6) is 0 Å². The molecule has 4 nitrogen and oxygen atoms in total. The van der Waals surface area contributed by atoms with Crippen molar-refractivity contribution in [2.24, 2.45) is 0 Å². The van der Waals surface area contributed by atoms with Gasteiger partial charge in [0.05, 0.1) is 11.6 Å². The number of carbonyl (C=O) groups excluding carboxylic acids is 1. The Bertz CT molecular complexity index is 595. The number of nitrogens with zero attached hydrogens (tertiary/aromatic N) is 1. The number of carbonyl (C=O) groups is 1. The van der Waals surface area contributed by atoms with Gasteiger partial charge in [-0.1, -0.05) is 18.2 Å². The van der Waals surface area contributed by atoms with Gasteiger partial charge >= 0.3 is 0 Å². The van der Waals surface area contributed by atoms with Crippen LogP contribution < -0.4 is 11.1 Å². The summed E-state index contributed by atoms with van der Waals surface area (Å²) in [6.07, 6.45) is 1.67. The molecule has 0 saturated carbocycles. The first-order valence-electron chi connectivity index (χ1n) is 6.16. The second-order valence-corrected chi connectivity index (χ2v) is 4.46. The van der Waals surface area contributed by atoms with E-state index in [4.69, 9.17) is 5.73 Å². The molecule has 2 aromatic rings. The van der Waals surface area contributed by atoms with E-state index in [9.17, 15) is 4.79 Å². The van der Waals surface area contributed by atoms with Crippen LogP contribution in [0, 0.1) is 6.92 Å². The minimum atomic E-state index is -0.145. The Morgan fingerprint density at radius 1 is 1.26 bits per heavy atom. The number of aryl methyl sites for hydroxylation is 1. The second-order valence-electron chi connectivity index (χ2n) is 4.46. The van der Waals surface area contributed by atoms with E-state index in [1.807, 2.05) is 38.1 Å². The maximum absolute atomic E-state index is 12.2. The number of nitrogens with two attached hydrogens (primary N) is 1. The van der Waals surface area contributed by atoms with Crippen molar-refractivity contribution in [1.82, 2.24) is 10.3 Å². The van der Waals surface area contributed by atoms with E-state index in [0.717, 1.165) is 5.56 Å². The lowest BCUT2D eigenvalue weighted by atomic mass is 10.1.